The summed E-state index contributed by atoms with van der Waals surface area (Å²) in [5, 5.41) is 8.67. The molecule has 0 unspecified atom stereocenters. The first-order valence-corrected chi connectivity index (χ1v) is 8.82. The number of aryl methyl sites for hydroxylation is 2. The molecule has 23 heavy (non-hydrogen) atoms. The SMILES string of the molecule is CCc1ccccc1NS(=O)(=O)c1ccc(CCC(=O)O)cc1. The van der Waals surface area contributed by atoms with Gasteiger partial charge >= 0.3 is 5.97 Å². The van der Waals surface area contributed by atoms with Gasteiger partial charge in [-0.1, -0.05) is 37.3 Å². The number of carbonyl (C=O) groups is 1. The zero-order valence-corrected chi connectivity index (χ0v) is 13.6. The Morgan fingerprint density at radius 1 is 1.09 bits per heavy atom. The molecule has 122 valence electrons. The smallest absolute Gasteiger partial charge is 0.303 e. The average molecular weight is 333 g/mol. The van der Waals surface area contributed by atoms with Gasteiger partial charge in [-0.15, -0.1) is 0 Å². The quantitative estimate of drug-likeness (QED) is 0.815. The highest BCUT2D eigenvalue weighted by Gasteiger charge is 2.15. The van der Waals surface area contributed by atoms with Crippen molar-refractivity contribution in [3.05, 3.63) is 59.7 Å². The van der Waals surface area contributed by atoms with Crippen molar-refractivity contribution in [1.29, 1.82) is 0 Å². The maximum Gasteiger partial charge on any atom is 0.303 e. The van der Waals surface area contributed by atoms with Gasteiger partial charge in [-0.05, 0) is 42.2 Å². The lowest BCUT2D eigenvalue weighted by atomic mass is 10.1. The molecular weight excluding hydrogens is 314 g/mol. The fourth-order valence-corrected chi connectivity index (χ4v) is 3.32. The highest BCUT2D eigenvalue weighted by Crippen LogP contribution is 2.21. The van der Waals surface area contributed by atoms with Crippen molar-refractivity contribution in [3.63, 3.8) is 0 Å². The Kier molecular flexibility index (Phi) is 5.39. The summed E-state index contributed by atoms with van der Waals surface area (Å²) >= 11 is 0. The maximum atomic E-state index is 12.4. The number of anilines is 1. The van der Waals surface area contributed by atoms with Crippen LogP contribution in [0.1, 0.15) is 24.5 Å². The summed E-state index contributed by atoms with van der Waals surface area (Å²) in [6.07, 6.45) is 1.13. The number of carboxylic acid groups (broad SMARTS) is 1. The van der Waals surface area contributed by atoms with E-state index in [4.69, 9.17) is 5.11 Å². The molecule has 2 rings (SSSR count). The Bertz CT molecular complexity index is 782. The monoisotopic (exact) mass is 333 g/mol. The number of hydrogen-bond donors (Lipinski definition) is 2. The molecule has 0 atom stereocenters. The topological polar surface area (TPSA) is 83.5 Å². The van der Waals surface area contributed by atoms with E-state index in [2.05, 4.69) is 4.72 Å². The van der Waals surface area contributed by atoms with Crippen LogP contribution in [0.4, 0.5) is 5.69 Å². The number of hydrogen-bond acceptors (Lipinski definition) is 3. The van der Waals surface area contributed by atoms with Crippen LogP contribution in [0.15, 0.2) is 53.4 Å². The van der Waals surface area contributed by atoms with E-state index in [9.17, 15) is 13.2 Å². The predicted molar refractivity (Wildman–Crippen MR) is 89.0 cm³/mol. The molecule has 0 aliphatic carbocycles. The third-order valence-electron chi connectivity index (χ3n) is 3.50. The zero-order valence-electron chi connectivity index (χ0n) is 12.8. The van der Waals surface area contributed by atoms with Crippen molar-refractivity contribution in [2.75, 3.05) is 4.72 Å². The van der Waals surface area contributed by atoms with Crippen molar-refractivity contribution in [1.82, 2.24) is 0 Å². The predicted octanol–water partition coefficient (Wildman–Crippen LogP) is 3.07. The van der Waals surface area contributed by atoms with Crippen molar-refractivity contribution < 1.29 is 18.3 Å². The number of sulfonamides is 1. The summed E-state index contributed by atoms with van der Waals surface area (Å²) in [4.78, 5) is 10.7. The molecule has 0 amide bonds. The standard InChI is InChI=1S/C17H19NO4S/c1-2-14-5-3-4-6-16(14)18-23(21,22)15-10-7-13(8-11-15)9-12-17(19)20/h3-8,10-11,18H,2,9,12H2,1H3,(H,19,20). The summed E-state index contributed by atoms with van der Waals surface area (Å²) in [7, 11) is -3.66. The molecule has 0 heterocycles. The molecule has 0 aliphatic rings. The lowest BCUT2D eigenvalue weighted by Gasteiger charge is -2.12. The number of nitrogens with one attached hydrogen (secondary N) is 1. The lowest BCUT2D eigenvalue weighted by Crippen LogP contribution is -2.14. The van der Waals surface area contributed by atoms with Gasteiger partial charge in [0, 0.05) is 6.42 Å². The van der Waals surface area contributed by atoms with E-state index in [1.54, 1.807) is 24.3 Å². The molecule has 0 aromatic heterocycles. The van der Waals surface area contributed by atoms with Crippen LogP contribution in [0.5, 0.6) is 0 Å². The fourth-order valence-electron chi connectivity index (χ4n) is 2.22. The second kappa shape index (κ2) is 7.28. The first-order valence-electron chi connectivity index (χ1n) is 7.34. The van der Waals surface area contributed by atoms with Gasteiger partial charge in [-0.3, -0.25) is 9.52 Å². The summed E-state index contributed by atoms with van der Waals surface area (Å²) in [6.45, 7) is 1.96. The van der Waals surface area contributed by atoms with Crippen LogP contribution in [0.2, 0.25) is 0 Å². The van der Waals surface area contributed by atoms with Gasteiger partial charge in [0.05, 0.1) is 10.6 Å². The van der Waals surface area contributed by atoms with E-state index >= 15 is 0 Å². The van der Waals surface area contributed by atoms with Gasteiger partial charge < -0.3 is 5.11 Å². The number of para-hydroxylation sites is 1. The third-order valence-corrected chi connectivity index (χ3v) is 4.89. The second-order valence-corrected chi connectivity index (χ2v) is 6.84. The van der Waals surface area contributed by atoms with Crippen molar-refractivity contribution in [2.24, 2.45) is 0 Å². The number of rotatable bonds is 7. The Hall–Kier alpha value is -2.34. The van der Waals surface area contributed by atoms with Crippen molar-refractivity contribution in [2.45, 2.75) is 31.1 Å². The zero-order chi connectivity index (χ0) is 16.9. The molecule has 0 saturated carbocycles. The minimum Gasteiger partial charge on any atom is -0.481 e. The number of aliphatic carboxylic acids is 1. The average Bonchev–Trinajstić information content (AvgIpc) is 2.53. The van der Waals surface area contributed by atoms with E-state index < -0.39 is 16.0 Å². The summed E-state index contributed by atoms with van der Waals surface area (Å²) in [5.74, 6) is -0.875. The normalized spacial score (nSPS) is 11.2. The van der Waals surface area contributed by atoms with E-state index in [-0.39, 0.29) is 11.3 Å². The minimum absolute atomic E-state index is 0.0220. The van der Waals surface area contributed by atoms with Crippen LogP contribution < -0.4 is 4.72 Å². The Labute approximate surface area is 136 Å². The van der Waals surface area contributed by atoms with Crippen LogP contribution >= 0.6 is 0 Å². The lowest BCUT2D eigenvalue weighted by molar-refractivity contribution is -0.136. The Balaban J connectivity index is 2.17. The van der Waals surface area contributed by atoms with Gasteiger partial charge in [-0.25, -0.2) is 8.42 Å². The fraction of sp³-hybridized carbons (Fsp3) is 0.235. The van der Waals surface area contributed by atoms with E-state index in [1.807, 2.05) is 19.1 Å². The Morgan fingerprint density at radius 3 is 2.35 bits per heavy atom. The van der Waals surface area contributed by atoms with Crippen LogP contribution in [-0.2, 0) is 27.7 Å². The molecule has 0 aliphatic heterocycles. The van der Waals surface area contributed by atoms with Crippen LogP contribution in [0, 0.1) is 0 Å². The number of carboxylic acids is 1. The molecule has 2 N–H and O–H groups in total. The van der Waals surface area contributed by atoms with Gasteiger partial charge in [0.15, 0.2) is 0 Å². The number of benzene rings is 2. The highest BCUT2D eigenvalue weighted by molar-refractivity contribution is 7.92. The Morgan fingerprint density at radius 2 is 1.74 bits per heavy atom. The van der Waals surface area contributed by atoms with Crippen LogP contribution in [0.25, 0.3) is 0 Å². The molecule has 2 aromatic carbocycles. The van der Waals surface area contributed by atoms with Crippen molar-refractivity contribution in [3.8, 4) is 0 Å². The summed E-state index contributed by atoms with van der Waals surface area (Å²) < 4.78 is 27.5. The van der Waals surface area contributed by atoms with E-state index in [1.165, 1.54) is 12.1 Å². The molecule has 6 heteroatoms. The molecule has 0 fully saturated rings. The van der Waals surface area contributed by atoms with Crippen molar-refractivity contribution >= 4 is 21.7 Å². The van der Waals surface area contributed by atoms with Gasteiger partial charge in [0.1, 0.15) is 0 Å². The molecule has 0 saturated heterocycles. The van der Waals surface area contributed by atoms with Gasteiger partial charge in [0.2, 0.25) is 0 Å². The molecule has 5 nitrogen and oxygen atoms in total. The molecule has 0 bridgehead atoms. The first-order chi connectivity index (χ1) is 10.9. The highest BCUT2D eigenvalue weighted by atomic mass is 32.2. The van der Waals surface area contributed by atoms with Crippen LogP contribution in [-0.4, -0.2) is 19.5 Å². The molecule has 2 aromatic rings. The third kappa shape index (κ3) is 4.56. The first kappa shape index (κ1) is 17.0. The van der Waals surface area contributed by atoms with E-state index in [0.29, 0.717) is 12.1 Å². The second-order valence-electron chi connectivity index (χ2n) is 5.15. The summed E-state index contributed by atoms with van der Waals surface area (Å²) in [6, 6.07) is 13.5. The van der Waals surface area contributed by atoms with Crippen LogP contribution in [0.3, 0.4) is 0 Å². The van der Waals surface area contributed by atoms with Gasteiger partial charge in [0.25, 0.3) is 10.0 Å². The van der Waals surface area contributed by atoms with Gasteiger partial charge in [-0.2, -0.15) is 0 Å². The maximum absolute atomic E-state index is 12.4. The summed E-state index contributed by atoms with van der Waals surface area (Å²) in [5.41, 5.74) is 2.29. The molecular formula is C17H19NO4S. The largest absolute Gasteiger partial charge is 0.481 e. The minimum atomic E-state index is -3.66. The van der Waals surface area contributed by atoms with E-state index in [0.717, 1.165) is 17.5 Å². The molecule has 0 spiro atoms. The molecule has 0 radical (unpaired) electrons.